The van der Waals surface area contributed by atoms with E-state index < -0.39 is 18.4 Å². The van der Waals surface area contributed by atoms with Crippen LogP contribution < -0.4 is 0 Å². The second kappa shape index (κ2) is 4.03. The summed E-state index contributed by atoms with van der Waals surface area (Å²) in [7, 11) is 1.19. The van der Waals surface area contributed by atoms with E-state index in [4.69, 9.17) is 5.11 Å². The van der Waals surface area contributed by atoms with E-state index >= 15 is 0 Å². The van der Waals surface area contributed by atoms with Gasteiger partial charge in [0.05, 0.1) is 7.11 Å². The molecule has 0 unspecified atom stereocenters. The predicted octanol–water partition coefficient (Wildman–Crippen LogP) is -0.889. The molecule has 9 heavy (non-hydrogen) atoms. The van der Waals surface area contributed by atoms with E-state index in [2.05, 4.69) is 4.74 Å². The first-order valence-electron chi connectivity index (χ1n) is 2.40. The van der Waals surface area contributed by atoms with Crippen molar-refractivity contribution in [2.45, 2.75) is 6.42 Å². The van der Waals surface area contributed by atoms with Crippen LogP contribution in [0.4, 0.5) is 0 Å². The van der Waals surface area contributed by atoms with Crippen molar-refractivity contribution in [1.29, 1.82) is 0 Å². The van der Waals surface area contributed by atoms with Crippen LogP contribution in [0.2, 0.25) is 0 Å². The van der Waals surface area contributed by atoms with Crippen molar-refractivity contribution in [3.8, 4) is 0 Å². The largest absolute Gasteiger partial charge is 0.469 e. The number of Topliss-reactive ketones (excluding diaryl/α,β-unsaturated/α-hetero) is 1. The van der Waals surface area contributed by atoms with Crippen LogP contribution in [0.1, 0.15) is 6.42 Å². The molecule has 0 rings (SSSR count). The van der Waals surface area contributed by atoms with Gasteiger partial charge in [0.2, 0.25) is 0 Å². The molecule has 0 aromatic carbocycles. The number of methoxy groups -OCH3 is 1. The van der Waals surface area contributed by atoms with E-state index in [-0.39, 0.29) is 6.42 Å². The number of carbonyl (C=O) groups is 2. The Balaban J connectivity index is 3.47. The number of rotatable bonds is 3. The summed E-state index contributed by atoms with van der Waals surface area (Å²) in [4.78, 5) is 20.5. The summed E-state index contributed by atoms with van der Waals surface area (Å²) in [5.74, 6) is -1.14. The lowest BCUT2D eigenvalue weighted by Gasteiger charge is -1.93. The molecule has 4 heteroatoms. The molecular weight excluding hydrogens is 124 g/mol. The van der Waals surface area contributed by atoms with Crippen LogP contribution in [0, 0.1) is 0 Å². The number of esters is 1. The van der Waals surface area contributed by atoms with Gasteiger partial charge in [0.25, 0.3) is 0 Å². The molecule has 0 atom stereocenters. The zero-order valence-electron chi connectivity index (χ0n) is 5.09. The maximum absolute atomic E-state index is 10.2. The van der Waals surface area contributed by atoms with Crippen molar-refractivity contribution in [3.63, 3.8) is 0 Å². The minimum absolute atomic E-state index is 0.340. The molecule has 52 valence electrons. The van der Waals surface area contributed by atoms with Gasteiger partial charge in [-0.15, -0.1) is 0 Å². The van der Waals surface area contributed by atoms with Crippen LogP contribution in [0.5, 0.6) is 0 Å². The van der Waals surface area contributed by atoms with Gasteiger partial charge in [-0.05, 0) is 0 Å². The molecular formula is C5H8O4. The number of carbonyl (C=O) groups excluding carboxylic acids is 2. The molecule has 0 amide bonds. The first kappa shape index (κ1) is 8.10. The van der Waals surface area contributed by atoms with Gasteiger partial charge in [-0.1, -0.05) is 0 Å². The van der Waals surface area contributed by atoms with Crippen LogP contribution in [0.25, 0.3) is 0 Å². The summed E-state index contributed by atoms with van der Waals surface area (Å²) in [5, 5.41) is 8.12. The van der Waals surface area contributed by atoms with Crippen LogP contribution >= 0.6 is 0 Å². The second-order valence-electron chi connectivity index (χ2n) is 1.45. The van der Waals surface area contributed by atoms with Gasteiger partial charge >= 0.3 is 5.97 Å². The van der Waals surface area contributed by atoms with Crippen LogP contribution in [-0.2, 0) is 14.3 Å². The SMILES string of the molecule is COC(=O)CC(=O)CO. The highest BCUT2D eigenvalue weighted by molar-refractivity contribution is 5.95. The highest BCUT2D eigenvalue weighted by atomic mass is 16.5. The molecule has 0 aliphatic heterocycles. The highest BCUT2D eigenvalue weighted by Gasteiger charge is 2.06. The molecule has 0 heterocycles. The molecule has 0 bridgehead atoms. The summed E-state index contributed by atoms with van der Waals surface area (Å²) >= 11 is 0. The molecule has 0 fully saturated rings. The molecule has 0 saturated heterocycles. The van der Waals surface area contributed by atoms with Crippen LogP contribution in [-0.4, -0.2) is 30.6 Å². The van der Waals surface area contributed by atoms with E-state index in [0.717, 1.165) is 0 Å². The van der Waals surface area contributed by atoms with E-state index in [1.807, 2.05) is 0 Å². The van der Waals surface area contributed by atoms with Crippen molar-refractivity contribution in [1.82, 2.24) is 0 Å². The lowest BCUT2D eigenvalue weighted by molar-refractivity contribution is -0.143. The smallest absolute Gasteiger partial charge is 0.313 e. The Morgan fingerprint density at radius 1 is 1.56 bits per heavy atom. The fourth-order valence-corrected chi connectivity index (χ4v) is 0.289. The van der Waals surface area contributed by atoms with Gasteiger partial charge in [-0.3, -0.25) is 9.59 Å². The lowest BCUT2D eigenvalue weighted by atomic mass is 10.3. The Morgan fingerprint density at radius 3 is 2.44 bits per heavy atom. The number of aliphatic hydroxyl groups is 1. The first-order valence-corrected chi connectivity index (χ1v) is 2.40. The van der Waals surface area contributed by atoms with Crippen molar-refractivity contribution in [2.75, 3.05) is 13.7 Å². The lowest BCUT2D eigenvalue weighted by Crippen LogP contribution is -2.11. The second-order valence-corrected chi connectivity index (χ2v) is 1.45. The van der Waals surface area contributed by atoms with Gasteiger partial charge < -0.3 is 9.84 Å². The van der Waals surface area contributed by atoms with E-state index in [1.54, 1.807) is 0 Å². The molecule has 0 aliphatic rings. The van der Waals surface area contributed by atoms with Gasteiger partial charge in [-0.2, -0.15) is 0 Å². The van der Waals surface area contributed by atoms with E-state index in [0.29, 0.717) is 0 Å². The van der Waals surface area contributed by atoms with Crippen molar-refractivity contribution >= 4 is 11.8 Å². The molecule has 4 nitrogen and oxygen atoms in total. The Kier molecular flexibility index (Phi) is 3.62. The maximum atomic E-state index is 10.2. The number of hydrogen-bond donors (Lipinski definition) is 1. The number of aliphatic hydroxyl groups excluding tert-OH is 1. The number of ether oxygens (including phenoxy) is 1. The normalized spacial score (nSPS) is 8.67. The van der Waals surface area contributed by atoms with Gasteiger partial charge in [0.15, 0.2) is 5.78 Å². The first-order chi connectivity index (χ1) is 4.20. The van der Waals surface area contributed by atoms with E-state index in [9.17, 15) is 9.59 Å². The minimum Gasteiger partial charge on any atom is -0.469 e. The molecule has 1 N–H and O–H groups in total. The zero-order chi connectivity index (χ0) is 7.28. The fraction of sp³-hybridized carbons (Fsp3) is 0.600. The fourth-order valence-electron chi connectivity index (χ4n) is 0.289. The molecule has 0 aromatic rings. The van der Waals surface area contributed by atoms with E-state index in [1.165, 1.54) is 7.11 Å². The van der Waals surface area contributed by atoms with Crippen molar-refractivity contribution < 1.29 is 19.4 Å². The monoisotopic (exact) mass is 132 g/mol. The van der Waals surface area contributed by atoms with Gasteiger partial charge in [-0.25, -0.2) is 0 Å². The third-order valence-electron chi connectivity index (χ3n) is 0.746. The maximum Gasteiger partial charge on any atom is 0.313 e. The standard InChI is InChI=1S/C5H8O4/c1-9-5(8)2-4(7)3-6/h6H,2-3H2,1H3. The Hall–Kier alpha value is -0.900. The van der Waals surface area contributed by atoms with Gasteiger partial charge in [0.1, 0.15) is 13.0 Å². The molecule has 0 spiro atoms. The predicted molar refractivity (Wildman–Crippen MR) is 28.7 cm³/mol. The van der Waals surface area contributed by atoms with Crippen LogP contribution in [0.15, 0.2) is 0 Å². The summed E-state index contributed by atoms with van der Waals surface area (Å²) in [6, 6.07) is 0. The van der Waals surface area contributed by atoms with Crippen LogP contribution in [0.3, 0.4) is 0 Å². The summed E-state index contributed by atoms with van der Waals surface area (Å²) in [5.41, 5.74) is 0. The third kappa shape index (κ3) is 3.66. The Labute approximate surface area is 52.4 Å². The molecule has 0 saturated carbocycles. The zero-order valence-corrected chi connectivity index (χ0v) is 5.09. The molecule has 0 aromatic heterocycles. The highest BCUT2D eigenvalue weighted by Crippen LogP contribution is 1.84. The molecule has 0 radical (unpaired) electrons. The van der Waals surface area contributed by atoms with Gasteiger partial charge in [0, 0.05) is 0 Å². The quantitative estimate of drug-likeness (QED) is 0.399. The van der Waals surface area contributed by atoms with Crippen molar-refractivity contribution in [3.05, 3.63) is 0 Å². The summed E-state index contributed by atoms with van der Waals surface area (Å²) in [6.07, 6.45) is -0.340. The van der Waals surface area contributed by atoms with Crippen molar-refractivity contribution in [2.24, 2.45) is 0 Å². The number of hydrogen-bond acceptors (Lipinski definition) is 4. The summed E-state index contributed by atoms with van der Waals surface area (Å²) < 4.78 is 4.15. The minimum atomic E-state index is -0.617. The average Bonchev–Trinajstić information content (AvgIpc) is 1.87. The Bertz CT molecular complexity index is 104. The average molecular weight is 132 g/mol. The Morgan fingerprint density at radius 2 is 2.11 bits per heavy atom. The topological polar surface area (TPSA) is 63.6 Å². The summed E-state index contributed by atoms with van der Waals surface area (Å²) in [6.45, 7) is -0.602. The number of ketones is 1. The molecule has 0 aliphatic carbocycles. The third-order valence-corrected chi connectivity index (χ3v) is 0.746.